The first kappa shape index (κ1) is 19.3. The molecule has 0 atom stereocenters. The fraction of sp³-hybridized carbons (Fsp3) is 0.368. The van der Waals surface area contributed by atoms with E-state index in [0.29, 0.717) is 32.5 Å². The van der Waals surface area contributed by atoms with Crippen LogP contribution in [0.1, 0.15) is 18.4 Å². The molecule has 0 N–H and O–H groups in total. The zero-order valence-electron chi connectivity index (χ0n) is 15.1. The summed E-state index contributed by atoms with van der Waals surface area (Å²) < 4.78 is 32.7. The number of nitro benzene ring substituents is 1. The Morgan fingerprint density at radius 2 is 1.81 bits per heavy atom. The summed E-state index contributed by atoms with van der Waals surface area (Å²) in [6, 6.07) is 13.0. The summed E-state index contributed by atoms with van der Waals surface area (Å²) in [5.41, 5.74) is 0.944. The van der Waals surface area contributed by atoms with Gasteiger partial charge in [0.1, 0.15) is 5.75 Å². The lowest BCUT2D eigenvalue weighted by Crippen LogP contribution is -2.39. The SMILES string of the molecule is Cc1ccc(OCC2CCN(S(=O)(=O)c3cccc([N+](=O)[O-])c3)CC2)cc1. The highest BCUT2D eigenvalue weighted by molar-refractivity contribution is 7.89. The van der Waals surface area contributed by atoms with Crippen LogP contribution < -0.4 is 4.74 Å². The van der Waals surface area contributed by atoms with Gasteiger partial charge in [-0.2, -0.15) is 4.31 Å². The van der Waals surface area contributed by atoms with Crippen molar-refractivity contribution in [3.05, 3.63) is 64.2 Å². The Balaban J connectivity index is 1.58. The monoisotopic (exact) mass is 390 g/mol. The number of benzene rings is 2. The molecule has 27 heavy (non-hydrogen) atoms. The van der Waals surface area contributed by atoms with Crippen molar-refractivity contribution >= 4 is 15.7 Å². The van der Waals surface area contributed by atoms with E-state index in [9.17, 15) is 18.5 Å². The fourth-order valence-electron chi connectivity index (χ4n) is 3.07. The van der Waals surface area contributed by atoms with Crippen molar-refractivity contribution in [1.82, 2.24) is 4.31 Å². The molecule has 0 saturated carbocycles. The molecule has 1 fully saturated rings. The molecule has 1 heterocycles. The summed E-state index contributed by atoms with van der Waals surface area (Å²) in [6.07, 6.45) is 1.39. The lowest BCUT2D eigenvalue weighted by atomic mass is 9.99. The Morgan fingerprint density at radius 1 is 1.15 bits per heavy atom. The van der Waals surface area contributed by atoms with E-state index in [1.165, 1.54) is 28.1 Å². The number of nitrogens with zero attached hydrogens (tertiary/aromatic N) is 2. The van der Waals surface area contributed by atoms with Crippen LogP contribution in [-0.4, -0.2) is 37.3 Å². The second kappa shape index (κ2) is 8.06. The third-order valence-electron chi connectivity index (χ3n) is 4.75. The molecule has 2 aromatic carbocycles. The average Bonchev–Trinajstić information content (AvgIpc) is 2.68. The number of hydrogen-bond donors (Lipinski definition) is 0. The second-order valence-corrected chi connectivity index (χ2v) is 8.66. The lowest BCUT2D eigenvalue weighted by molar-refractivity contribution is -0.385. The number of hydrogen-bond acceptors (Lipinski definition) is 5. The third kappa shape index (κ3) is 4.64. The van der Waals surface area contributed by atoms with Crippen molar-refractivity contribution in [2.24, 2.45) is 5.92 Å². The van der Waals surface area contributed by atoms with Crippen molar-refractivity contribution in [1.29, 1.82) is 0 Å². The molecule has 0 radical (unpaired) electrons. The summed E-state index contributed by atoms with van der Waals surface area (Å²) in [4.78, 5) is 10.3. The highest BCUT2D eigenvalue weighted by atomic mass is 32.2. The van der Waals surface area contributed by atoms with Gasteiger partial charge in [-0.25, -0.2) is 8.42 Å². The van der Waals surface area contributed by atoms with Crippen molar-refractivity contribution < 1.29 is 18.1 Å². The summed E-state index contributed by atoms with van der Waals surface area (Å²) in [5, 5.41) is 10.9. The summed E-state index contributed by atoms with van der Waals surface area (Å²) >= 11 is 0. The van der Waals surface area contributed by atoms with Crippen molar-refractivity contribution in [2.75, 3.05) is 19.7 Å². The number of sulfonamides is 1. The fourth-order valence-corrected chi connectivity index (χ4v) is 4.58. The van der Waals surface area contributed by atoms with Gasteiger partial charge in [-0.3, -0.25) is 10.1 Å². The van der Waals surface area contributed by atoms with Crippen LogP contribution in [0.3, 0.4) is 0 Å². The molecule has 0 aromatic heterocycles. The van der Waals surface area contributed by atoms with Crippen molar-refractivity contribution in [2.45, 2.75) is 24.7 Å². The van der Waals surface area contributed by atoms with Gasteiger partial charge in [-0.1, -0.05) is 23.8 Å². The minimum Gasteiger partial charge on any atom is -0.493 e. The van der Waals surface area contributed by atoms with Crippen LogP contribution in [0.15, 0.2) is 53.4 Å². The summed E-state index contributed by atoms with van der Waals surface area (Å²) in [6.45, 7) is 3.33. The minimum absolute atomic E-state index is 0.0361. The van der Waals surface area contributed by atoms with Gasteiger partial charge in [-0.15, -0.1) is 0 Å². The van der Waals surface area contributed by atoms with Crippen molar-refractivity contribution in [3.8, 4) is 5.75 Å². The van der Waals surface area contributed by atoms with E-state index in [0.717, 1.165) is 11.8 Å². The maximum atomic E-state index is 12.8. The predicted molar refractivity (Wildman–Crippen MR) is 101 cm³/mol. The maximum Gasteiger partial charge on any atom is 0.270 e. The molecule has 1 saturated heterocycles. The highest BCUT2D eigenvalue weighted by Gasteiger charge is 2.30. The van der Waals surface area contributed by atoms with E-state index < -0.39 is 14.9 Å². The quantitative estimate of drug-likeness (QED) is 0.557. The second-order valence-electron chi connectivity index (χ2n) is 6.73. The molecule has 1 aliphatic rings. The number of non-ortho nitro benzene ring substituents is 1. The van der Waals surface area contributed by atoms with E-state index in [1.807, 2.05) is 31.2 Å². The molecular formula is C19H22N2O5S. The molecule has 8 heteroatoms. The van der Waals surface area contributed by atoms with E-state index in [1.54, 1.807) is 0 Å². The topological polar surface area (TPSA) is 89.8 Å². The molecule has 2 aromatic rings. The lowest BCUT2D eigenvalue weighted by Gasteiger charge is -2.31. The van der Waals surface area contributed by atoms with Gasteiger partial charge in [0.05, 0.1) is 16.4 Å². The van der Waals surface area contributed by atoms with E-state index in [4.69, 9.17) is 4.74 Å². The predicted octanol–water partition coefficient (Wildman–Crippen LogP) is 3.38. The van der Waals surface area contributed by atoms with Gasteiger partial charge < -0.3 is 4.74 Å². The zero-order chi connectivity index (χ0) is 19.4. The van der Waals surface area contributed by atoms with Crippen LogP contribution in [0.4, 0.5) is 5.69 Å². The van der Waals surface area contributed by atoms with Crippen LogP contribution in [0.25, 0.3) is 0 Å². The Labute approximate surface area is 158 Å². The van der Waals surface area contributed by atoms with Crippen LogP contribution >= 0.6 is 0 Å². The van der Waals surface area contributed by atoms with Crippen LogP contribution in [-0.2, 0) is 10.0 Å². The largest absolute Gasteiger partial charge is 0.493 e. The van der Waals surface area contributed by atoms with E-state index in [-0.39, 0.29) is 16.5 Å². The maximum absolute atomic E-state index is 12.8. The molecule has 1 aliphatic heterocycles. The first-order valence-electron chi connectivity index (χ1n) is 8.80. The highest BCUT2D eigenvalue weighted by Crippen LogP contribution is 2.26. The standard InChI is InChI=1S/C19H22N2O5S/c1-15-5-7-18(8-6-15)26-14-16-9-11-20(12-10-16)27(24,25)19-4-2-3-17(13-19)21(22)23/h2-8,13,16H,9-12,14H2,1H3. The van der Waals surface area contributed by atoms with Crippen LogP contribution in [0, 0.1) is 23.0 Å². The number of nitro groups is 1. The van der Waals surface area contributed by atoms with Gasteiger partial charge in [0.25, 0.3) is 5.69 Å². The molecular weight excluding hydrogens is 368 g/mol. The molecule has 144 valence electrons. The van der Waals surface area contributed by atoms with Crippen molar-refractivity contribution in [3.63, 3.8) is 0 Å². The Morgan fingerprint density at radius 3 is 2.44 bits per heavy atom. The normalized spacial score (nSPS) is 16.2. The Hall–Kier alpha value is -2.45. The summed E-state index contributed by atoms with van der Waals surface area (Å²) in [5.74, 6) is 1.09. The molecule has 7 nitrogen and oxygen atoms in total. The average molecular weight is 390 g/mol. The number of ether oxygens (including phenoxy) is 1. The molecule has 0 amide bonds. The molecule has 0 aliphatic carbocycles. The Bertz CT molecular complexity index is 904. The van der Waals surface area contributed by atoms with E-state index >= 15 is 0 Å². The summed E-state index contributed by atoms with van der Waals surface area (Å²) in [7, 11) is -3.73. The van der Waals surface area contributed by atoms with Crippen LogP contribution in [0.5, 0.6) is 5.75 Å². The van der Waals surface area contributed by atoms with Gasteiger partial charge in [-0.05, 0) is 43.9 Å². The molecule has 0 unspecified atom stereocenters. The number of aryl methyl sites for hydroxylation is 1. The number of piperidine rings is 1. The third-order valence-corrected chi connectivity index (χ3v) is 6.64. The Kier molecular flexibility index (Phi) is 5.76. The number of rotatable bonds is 6. The van der Waals surface area contributed by atoms with E-state index in [2.05, 4.69) is 0 Å². The van der Waals surface area contributed by atoms with Gasteiger partial charge in [0, 0.05) is 25.2 Å². The zero-order valence-corrected chi connectivity index (χ0v) is 15.9. The van der Waals surface area contributed by atoms with Crippen LogP contribution in [0.2, 0.25) is 0 Å². The van der Waals surface area contributed by atoms with Gasteiger partial charge in [0.15, 0.2) is 0 Å². The van der Waals surface area contributed by atoms with Gasteiger partial charge >= 0.3 is 0 Å². The first-order chi connectivity index (χ1) is 12.9. The smallest absolute Gasteiger partial charge is 0.270 e. The molecule has 3 rings (SSSR count). The molecule has 0 bridgehead atoms. The minimum atomic E-state index is -3.73. The molecule has 0 spiro atoms. The van der Waals surface area contributed by atoms with Gasteiger partial charge in [0.2, 0.25) is 10.0 Å². The first-order valence-corrected chi connectivity index (χ1v) is 10.2.